The van der Waals surface area contributed by atoms with Crippen LogP contribution in [-0.4, -0.2) is 20.8 Å². The molecule has 0 bridgehead atoms. The normalized spacial score (nSPS) is 12.8. The predicted octanol–water partition coefficient (Wildman–Crippen LogP) is 4.58. The van der Waals surface area contributed by atoms with Gasteiger partial charge in [-0.15, -0.1) is 13.2 Å². The molecule has 0 aliphatic carbocycles. The fourth-order valence-electron chi connectivity index (χ4n) is 2.80. The highest BCUT2D eigenvalue weighted by Gasteiger charge is 2.31. The van der Waals surface area contributed by atoms with E-state index >= 15 is 0 Å². The maximum absolute atomic E-state index is 12.5. The Balaban J connectivity index is 2.14. The molecule has 0 aliphatic heterocycles. The molecule has 146 valence electrons. The van der Waals surface area contributed by atoms with Crippen molar-refractivity contribution in [3.8, 4) is 5.75 Å². The van der Waals surface area contributed by atoms with Gasteiger partial charge in [0.2, 0.25) is 0 Å². The van der Waals surface area contributed by atoms with Crippen molar-refractivity contribution in [2.24, 2.45) is 0 Å². The monoisotopic (exact) mass is 457 g/mol. The molecular weight excluding hydrogens is 447 g/mol. The first-order valence-electron chi connectivity index (χ1n) is 7.78. The standard InChI is InChI=1S/C17H11BrF3N3O4/c1-9(10-3-2-4-11(5-10)28-17(19,20)21)23-15-6-12(18)14(24(26)27)7-13(15)22-8-16(23)25/h2-9H,1H3/t9-/m0/s1. The number of aromatic nitrogens is 2. The van der Waals surface area contributed by atoms with Crippen molar-refractivity contribution in [2.75, 3.05) is 0 Å². The van der Waals surface area contributed by atoms with Gasteiger partial charge in [0.05, 0.1) is 32.7 Å². The largest absolute Gasteiger partial charge is 0.573 e. The summed E-state index contributed by atoms with van der Waals surface area (Å²) in [4.78, 5) is 26.9. The van der Waals surface area contributed by atoms with Crippen LogP contribution >= 0.6 is 15.9 Å². The molecule has 0 amide bonds. The number of alkyl halides is 3. The molecule has 1 aromatic heterocycles. The second-order valence-electron chi connectivity index (χ2n) is 5.81. The molecule has 3 rings (SSSR count). The zero-order valence-electron chi connectivity index (χ0n) is 14.1. The van der Waals surface area contributed by atoms with Crippen LogP contribution in [0.1, 0.15) is 18.5 Å². The Bertz CT molecular complexity index is 1130. The number of hydrogen-bond acceptors (Lipinski definition) is 5. The maximum atomic E-state index is 12.5. The van der Waals surface area contributed by atoms with Crippen LogP contribution < -0.4 is 10.3 Å². The molecule has 0 unspecified atom stereocenters. The molecule has 28 heavy (non-hydrogen) atoms. The van der Waals surface area contributed by atoms with Gasteiger partial charge in [-0.05, 0) is 46.6 Å². The quantitative estimate of drug-likeness (QED) is 0.422. The van der Waals surface area contributed by atoms with Gasteiger partial charge in [0.1, 0.15) is 5.75 Å². The molecule has 0 N–H and O–H groups in total. The molecule has 7 nitrogen and oxygen atoms in total. The number of fused-ring (bicyclic) bond motifs is 1. The van der Waals surface area contributed by atoms with E-state index in [1.807, 2.05) is 0 Å². The molecule has 0 saturated heterocycles. The van der Waals surface area contributed by atoms with Gasteiger partial charge in [-0.3, -0.25) is 19.5 Å². The lowest BCUT2D eigenvalue weighted by molar-refractivity contribution is -0.385. The lowest BCUT2D eigenvalue weighted by Crippen LogP contribution is -2.24. The molecule has 0 aliphatic rings. The van der Waals surface area contributed by atoms with Crippen molar-refractivity contribution >= 4 is 32.7 Å². The predicted molar refractivity (Wildman–Crippen MR) is 97.3 cm³/mol. The second kappa shape index (κ2) is 7.23. The van der Waals surface area contributed by atoms with Gasteiger partial charge in [0, 0.05) is 6.07 Å². The van der Waals surface area contributed by atoms with E-state index in [2.05, 4.69) is 25.7 Å². The van der Waals surface area contributed by atoms with Crippen LogP contribution in [0.3, 0.4) is 0 Å². The zero-order chi connectivity index (χ0) is 20.6. The average molecular weight is 458 g/mol. The number of benzene rings is 2. The lowest BCUT2D eigenvalue weighted by Gasteiger charge is -2.19. The van der Waals surface area contributed by atoms with Gasteiger partial charge in [-0.2, -0.15) is 0 Å². The van der Waals surface area contributed by atoms with Crippen LogP contribution in [-0.2, 0) is 0 Å². The van der Waals surface area contributed by atoms with Gasteiger partial charge in [0.25, 0.3) is 11.2 Å². The Labute approximate surface area is 163 Å². The summed E-state index contributed by atoms with van der Waals surface area (Å²) in [6.07, 6.45) is -3.83. The fraction of sp³-hybridized carbons (Fsp3) is 0.176. The van der Waals surface area contributed by atoms with Crippen molar-refractivity contribution in [1.29, 1.82) is 0 Å². The third-order valence-corrected chi connectivity index (χ3v) is 4.65. The first-order valence-corrected chi connectivity index (χ1v) is 8.57. The second-order valence-corrected chi connectivity index (χ2v) is 6.67. The van der Waals surface area contributed by atoms with E-state index in [0.29, 0.717) is 11.1 Å². The Hall–Kier alpha value is -2.95. The highest BCUT2D eigenvalue weighted by molar-refractivity contribution is 9.10. The SMILES string of the molecule is C[C@@H](c1cccc(OC(F)(F)F)c1)n1c(=O)cnc2cc([N+](=O)[O-])c(Br)cc21. The highest BCUT2D eigenvalue weighted by Crippen LogP contribution is 2.31. The van der Waals surface area contributed by atoms with E-state index in [9.17, 15) is 28.1 Å². The summed E-state index contributed by atoms with van der Waals surface area (Å²) in [7, 11) is 0. The average Bonchev–Trinajstić information content (AvgIpc) is 2.59. The molecule has 0 radical (unpaired) electrons. The van der Waals surface area contributed by atoms with E-state index in [1.165, 1.54) is 28.8 Å². The highest BCUT2D eigenvalue weighted by atomic mass is 79.9. The molecule has 11 heteroatoms. The van der Waals surface area contributed by atoms with Gasteiger partial charge in [-0.25, -0.2) is 4.98 Å². The minimum atomic E-state index is -4.84. The Morgan fingerprint density at radius 2 is 2.00 bits per heavy atom. The van der Waals surface area contributed by atoms with E-state index in [0.717, 1.165) is 12.3 Å². The van der Waals surface area contributed by atoms with E-state index in [1.54, 1.807) is 13.0 Å². The number of halogens is 4. The summed E-state index contributed by atoms with van der Waals surface area (Å²) < 4.78 is 42.8. The van der Waals surface area contributed by atoms with E-state index < -0.39 is 28.6 Å². The van der Waals surface area contributed by atoms with E-state index in [-0.39, 0.29) is 15.7 Å². The Morgan fingerprint density at radius 1 is 1.29 bits per heavy atom. The zero-order valence-corrected chi connectivity index (χ0v) is 15.7. The number of nitro groups is 1. The number of nitro benzene ring substituents is 1. The molecule has 3 aromatic rings. The third-order valence-electron chi connectivity index (χ3n) is 4.01. The van der Waals surface area contributed by atoms with Crippen LogP contribution in [0.25, 0.3) is 11.0 Å². The maximum Gasteiger partial charge on any atom is 0.573 e. The number of ether oxygens (including phenoxy) is 1. The summed E-state index contributed by atoms with van der Waals surface area (Å²) in [5.74, 6) is -0.417. The van der Waals surface area contributed by atoms with Crippen LogP contribution in [0.2, 0.25) is 0 Å². The van der Waals surface area contributed by atoms with Gasteiger partial charge >= 0.3 is 6.36 Å². The van der Waals surface area contributed by atoms with E-state index in [4.69, 9.17) is 0 Å². The Morgan fingerprint density at radius 3 is 2.64 bits per heavy atom. The van der Waals surface area contributed by atoms with Gasteiger partial charge < -0.3 is 4.74 Å². The fourth-order valence-corrected chi connectivity index (χ4v) is 3.28. The summed E-state index contributed by atoms with van der Waals surface area (Å²) in [6, 6.07) is 7.16. The summed E-state index contributed by atoms with van der Waals surface area (Å²) >= 11 is 3.10. The van der Waals surface area contributed by atoms with Crippen molar-refractivity contribution in [2.45, 2.75) is 19.3 Å². The van der Waals surface area contributed by atoms with Crippen molar-refractivity contribution in [3.05, 3.63) is 73.1 Å². The van der Waals surface area contributed by atoms with Gasteiger partial charge in [-0.1, -0.05) is 12.1 Å². The number of rotatable bonds is 4. The molecule has 1 heterocycles. The van der Waals surface area contributed by atoms with Crippen LogP contribution in [0.5, 0.6) is 5.75 Å². The lowest BCUT2D eigenvalue weighted by atomic mass is 10.1. The van der Waals surface area contributed by atoms with Crippen LogP contribution in [0.15, 0.2) is 51.9 Å². The molecule has 0 spiro atoms. The van der Waals surface area contributed by atoms with Crippen molar-refractivity contribution in [1.82, 2.24) is 9.55 Å². The molecule has 1 atom stereocenters. The summed E-state index contributed by atoms with van der Waals surface area (Å²) in [5, 5.41) is 11.1. The smallest absolute Gasteiger partial charge is 0.406 e. The molecule has 2 aromatic carbocycles. The van der Waals surface area contributed by atoms with Crippen LogP contribution in [0.4, 0.5) is 18.9 Å². The third kappa shape index (κ3) is 3.98. The number of nitrogens with zero attached hydrogens (tertiary/aromatic N) is 3. The molecule has 0 fully saturated rings. The van der Waals surface area contributed by atoms with Crippen LogP contribution in [0, 0.1) is 10.1 Å². The van der Waals surface area contributed by atoms with Gasteiger partial charge in [0.15, 0.2) is 0 Å². The van der Waals surface area contributed by atoms with Crippen molar-refractivity contribution in [3.63, 3.8) is 0 Å². The summed E-state index contributed by atoms with van der Waals surface area (Å²) in [5.41, 5.74) is 0.135. The Kier molecular flexibility index (Phi) is 5.11. The summed E-state index contributed by atoms with van der Waals surface area (Å²) in [6.45, 7) is 1.61. The molecular formula is C17H11BrF3N3O4. The topological polar surface area (TPSA) is 87.3 Å². The molecule has 0 saturated carbocycles. The minimum absolute atomic E-state index is 0.146. The minimum Gasteiger partial charge on any atom is -0.406 e. The first kappa shape index (κ1) is 19.8. The van der Waals surface area contributed by atoms with Crippen molar-refractivity contribution < 1.29 is 22.8 Å². The number of hydrogen-bond donors (Lipinski definition) is 0. The first-order chi connectivity index (χ1) is 13.1.